The zero-order valence-corrected chi connectivity index (χ0v) is 10.5. The van der Waals surface area contributed by atoms with Gasteiger partial charge in [-0.05, 0) is 24.1 Å². The number of amides is 1. The van der Waals surface area contributed by atoms with Gasteiger partial charge in [-0.2, -0.15) is 0 Å². The maximum absolute atomic E-state index is 11.3. The molecule has 0 radical (unpaired) electrons. The molecule has 2 rings (SSSR count). The van der Waals surface area contributed by atoms with Gasteiger partial charge in [0.1, 0.15) is 5.75 Å². The monoisotopic (exact) mass is 265 g/mol. The highest BCUT2D eigenvalue weighted by atomic mass is 16.5. The number of hydrogen-bond acceptors (Lipinski definition) is 4. The molecular formula is C13H15NO5. The van der Waals surface area contributed by atoms with Crippen LogP contribution in [0.2, 0.25) is 0 Å². The van der Waals surface area contributed by atoms with Gasteiger partial charge in [-0.25, -0.2) is 0 Å². The van der Waals surface area contributed by atoms with Crippen LogP contribution in [0.5, 0.6) is 5.75 Å². The average molecular weight is 265 g/mol. The van der Waals surface area contributed by atoms with Crippen LogP contribution >= 0.6 is 0 Å². The first kappa shape index (κ1) is 13.4. The fourth-order valence-electron chi connectivity index (χ4n) is 1.99. The predicted octanol–water partition coefficient (Wildman–Crippen LogP) is 1.22. The van der Waals surface area contributed by atoms with E-state index in [-0.39, 0.29) is 12.5 Å². The zero-order valence-electron chi connectivity index (χ0n) is 10.5. The van der Waals surface area contributed by atoms with Crippen molar-refractivity contribution in [3.05, 3.63) is 23.8 Å². The van der Waals surface area contributed by atoms with Gasteiger partial charge < -0.3 is 19.9 Å². The Hall–Kier alpha value is -2.08. The number of carbonyl (C=O) groups excluding carboxylic acids is 1. The van der Waals surface area contributed by atoms with Gasteiger partial charge in [0.25, 0.3) is 5.91 Å². The van der Waals surface area contributed by atoms with Gasteiger partial charge >= 0.3 is 5.97 Å². The maximum Gasteiger partial charge on any atom is 0.311 e. The molecule has 19 heavy (non-hydrogen) atoms. The number of carboxylic acid groups (broad SMARTS) is 1. The van der Waals surface area contributed by atoms with Crippen LogP contribution in [0.3, 0.4) is 0 Å². The van der Waals surface area contributed by atoms with E-state index < -0.39 is 11.9 Å². The summed E-state index contributed by atoms with van der Waals surface area (Å²) in [5.74, 6) is -1.27. The summed E-state index contributed by atoms with van der Waals surface area (Å²) in [5, 5.41) is 11.9. The molecule has 1 amide bonds. The second-order valence-electron chi connectivity index (χ2n) is 4.26. The van der Waals surface area contributed by atoms with Crippen LogP contribution in [0.25, 0.3) is 0 Å². The van der Waals surface area contributed by atoms with E-state index in [0.29, 0.717) is 30.0 Å². The molecule has 1 aromatic carbocycles. The van der Waals surface area contributed by atoms with Crippen LogP contribution in [0.15, 0.2) is 18.2 Å². The van der Waals surface area contributed by atoms with E-state index in [0.717, 1.165) is 0 Å². The number of methoxy groups -OCH3 is 1. The minimum absolute atomic E-state index is 0.0155. The quantitative estimate of drug-likeness (QED) is 0.836. The Morgan fingerprint density at radius 3 is 3.05 bits per heavy atom. The molecule has 0 saturated carbocycles. The summed E-state index contributed by atoms with van der Waals surface area (Å²) in [7, 11) is 1.53. The highest BCUT2D eigenvalue weighted by Crippen LogP contribution is 2.32. The number of benzene rings is 1. The lowest BCUT2D eigenvalue weighted by Crippen LogP contribution is -2.25. The van der Waals surface area contributed by atoms with Gasteiger partial charge in [0.15, 0.2) is 6.61 Å². The number of carboxylic acids is 1. The fourth-order valence-corrected chi connectivity index (χ4v) is 1.99. The summed E-state index contributed by atoms with van der Waals surface area (Å²) >= 11 is 0. The Bertz CT molecular complexity index is 500. The molecule has 1 aromatic rings. The summed E-state index contributed by atoms with van der Waals surface area (Å²) in [4.78, 5) is 22.5. The van der Waals surface area contributed by atoms with Gasteiger partial charge in [0, 0.05) is 13.7 Å². The molecule has 0 fully saturated rings. The number of anilines is 1. The van der Waals surface area contributed by atoms with Crippen molar-refractivity contribution in [2.75, 3.05) is 25.6 Å². The number of aliphatic carboxylic acids is 1. The van der Waals surface area contributed by atoms with Gasteiger partial charge in [-0.15, -0.1) is 0 Å². The van der Waals surface area contributed by atoms with Crippen LogP contribution in [0.4, 0.5) is 5.69 Å². The smallest absolute Gasteiger partial charge is 0.311 e. The van der Waals surface area contributed by atoms with E-state index in [1.807, 2.05) is 0 Å². The minimum atomic E-state index is -0.917. The molecule has 1 unspecified atom stereocenters. The van der Waals surface area contributed by atoms with E-state index in [4.69, 9.17) is 9.47 Å². The molecule has 1 aliphatic heterocycles. The molecule has 6 nitrogen and oxygen atoms in total. The van der Waals surface area contributed by atoms with E-state index in [9.17, 15) is 14.7 Å². The lowest BCUT2D eigenvalue weighted by molar-refractivity contribution is -0.139. The third kappa shape index (κ3) is 3.03. The van der Waals surface area contributed by atoms with Crippen LogP contribution in [-0.2, 0) is 14.3 Å². The Balaban J connectivity index is 2.25. The molecule has 1 heterocycles. The first-order valence-corrected chi connectivity index (χ1v) is 5.90. The zero-order chi connectivity index (χ0) is 13.8. The van der Waals surface area contributed by atoms with Crippen LogP contribution in [-0.4, -0.2) is 37.3 Å². The highest BCUT2D eigenvalue weighted by Gasteiger charge is 2.23. The van der Waals surface area contributed by atoms with Gasteiger partial charge in [0.2, 0.25) is 0 Å². The molecule has 0 saturated heterocycles. The highest BCUT2D eigenvalue weighted by molar-refractivity contribution is 5.95. The Morgan fingerprint density at radius 2 is 2.37 bits per heavy atom. The van der Waals surface area contributed by atoms with E-state index >= 15 is 0 Å². The van der Waals surface area contributed by atoms with Crippen molar-refractivity contribution < 1.29 is 24.2 Å². The topological polar surface area (TPSA) is 84.9 Å². The van der Waals surface area contributed by atoms with Gasteiger partial charge in [0.05, 0.1) is 11.6 Å². The van der Waals surface area contributed by atoms with E-state index in [2.05, 4.69) is 5.32 Å². The molecule has 2 N–H and O–H groups in total. The first-order valence-electron chi connectivity index (χ1n) is 5.90. The number of fused-ring (bicyclic) bond motifs is 1. The van der Waals surface area contributed by atoms with Crippen LogP contribution in [0.1, 0.15) is 17.9 Å². The summed E-state index contributed by atoms with van der Waals surface area (Å²) in [6.45, 7) is 0.343. The lowest BCUT2D eigenvalue weighted by atomic mass is 9.95. The molecular weight excluding hydrogens is 250 g/mol. The second-order valence-corrected chi connectivity index (χ2v) is 4.26. The largest absolute Gasteiger partial charge is 0.482 e. The number of ether oxygens (including phenoxy) is 2. The Kier molecular flexibility index (Phi) is 4.01. The molecule has 1 aliphatic rings. The molecule has 1 atom stereocenters. The van der Waals surface area contributed by atoms with Crippen molar-refractivity contribution in [3.8, 4) is 5.75 Å². The third-order valence-electron chi connectivity index (χ3n) is 2.95. The standard InChI is InChI=1S/C13H15NO5/c1-18-5-4-9(13(16)17)8-2-3-11-10(6-8)14-12(15)7-19-11/h2-3,6,9H,4-5,7H2,1H3,(H,14,15)(H,16,17). The van der Waals surface area contributed by atoms with Crippen molar-refractivity contribution >= 4 is 17.6 Å². The summed E-state index contributed by atoms with van der Waals surface area (Å²) in [6.07, 6.45) is 0.374. The number of nitrogens with one attached hydrogen (secondary N) is 1. The van der Waals surface area contributed by atoms with E-state index in [1.54, 1.807) is 18.2 Å². The normalized spacial score (nSPS) is 15.1. The molecule has 0 spiro atoms. The molecule has 0 bridgehead atoms. The lowest BCUT2D eigenvalue weighted by Gasteiger charge is -2.20. The number of hydrogen-bond donors (Lipinski definition) is 2. The number of rotatable bonds is 5. The average Bonchev–Trinajstić information content (AvgIpc) is 2.38. The fraction of sp³-hybridized carbons (Fsp3) is 0.385. The summed E-state index contributed by atoms with van der Waals surface area (Å²) in [6, 6.07) is 5.01. The van der Waals surface area contributed by atoms with E-state index in [1.165, 1.54) is 7.11 Å². The van der Waals surface area contributed by atoms with Crippen molar-refractivity contribution in [3.63, 3.8) is 0 Å². The third-order valence-corrected chi connectivity index (χ3v) is 2.95. The Labute approximate surface area is 110 Å². The molecule has 0 aromatic heterocycles. The first-order chi connectivity index (χ1) is 9.11. The second kappa shape index (κ2) is 5.71. The van der Waals surface area contributed by atoms with Gasteiger partial charge in [-0.1, -0.05) is 6.07 Å². The van der Waals surface area contributed by atoms with Crippen molar-refractivity contribution in [2.45, 2.75) is 12.3 Å². The van der Waals surface area contributed by atoms with Crippen LogP contribution in [0, 0.1) is 0 Å². The SMILES string of the molecule is COCCC(C(=O)O)c1ccc2c(c1)NC(=O)CO2. The summed E-state index contributed by atoms with van der Waals surface area (Å²) < 4.78 is 10.1. The number of carbonyl (C=O) groups is 2. The molecule has 0 aliphatic carbocycles. The molecule has 102 valence electrons. The minimum Gasteiger partial charge on any atom is -0.482 e. The van der Waals surface area contributed by atoms with Crippen LogP contribution < -0.4 is 10.1 Å². The molecule has 6 heteroatoms. The van der Waals surface area contributed by atoms with Crippen molar-refractivity contribution in [2.24, 2.45) is 0 Å². The Morgan fingerprint density at radius 1 is 1.58 bits per heavy atom. The van der Waals surface area contributed by atoms with Crippen molar-refractivity contribution in [1.29, 1.82) is 0 Å². The van der Waals surface area contributed by atoms with Gasteiger partial charge in [-0.3, -0.25) is 9.59 Å². The maximum atomic E-state index is 11.3. The van der Waals surface area contributed by atoms with Crippen molar-refractivity contribution in [1.82, 2.24) is 0 Å². The summed E-state index contributed by atoms with van der Waals surface area (Å²) in [5.41, 5.74) is 1.13. The predicted molar refractivity (Wildman–Crippen MR) is 67.4 cm³/mol.